The molecule has 1 heterocycles. The fourth-order valence-electron chi connectivity index (χ4n) is 2.75. The molecule has 1 N–H and O–H groups in total. The van der Waals surface area contributed by atoms with Gasteiger partial charge >= 0.3 is 0 Å². The molecule has 1 unspecified atom stereocenters. The molecule has 5 heteroatoms. The second-order valence-electron chi connectivity index (χ2n) is 5.49. The molecule has 0 bridgehead atoms. The number of Topliss-reactive ketones (excluding diaryl/α,β-unsaturated/α-hetero) is 1. The minimum atomic E-state index is -0.846. The van der Waals surface area contributed by atoms with Crippen molar-refractivity contribution in [2.24, 2.45) is 5.92 Å². The van der Waals surface area contributed by atoms with E-state index in [1.54, 1.807) is 37.3 Å². The fourth-order valence-corrected chi connectivity index (χ4v) is 2.75. The van der Waals surface area contributed by atoms with Gasteiger partial charge in [0, 0.05) is 16.9 Å². The highest BCUT2D eigenvalue weighted by Crippen LogP contribution is 2.33. The quantitative estimate of drug-likeness (QED) is 0.537. The Labute approximate surface area is 127 Å². The zero-order valence-corrected chi connectivity index (χ0v) is 12.3. The van der Waals surface area contributed by atoms with Crippen LogP contribution in [0.15, 0.2) is 30.3 Å². The van der Waals surface area contributed by atoms with Gasteiger partial charge in [-0.25, -0.2) is 0 Å². The summed E-state index contributed by atoms with van der Waals surface area (Å²) < 4.78 is 0. The van der Waals surface area contributed by atoms with Gasteiger partial charge in [0.15, 0.2) is 5.78 Å². The van der Waals surface area contributed by atoms with Crippen LogP contribution in [0.1, 0.15) is 51.3 Å². The van der Waals surface area contributed by atoms with Crippen molar-refractivity contribution in [3.8, 4) is 0 Å². The van der Waals surface area contributed by atoms with Crippen molar-refractivity contribution in [1.82, 2.24) is 5.06 Å². The molecule has 2 aromatic rings. The van der Waals surface area contributed by atoms with Gasteiger partial charge in [0.25, 0.3) is 11.8 Å². The normalized spacial score (nSPS) is 15.3. The third-order valence-corrected chi connectivity index (χ3v) is 4.20. The number of amides is 2. The lowest BCUT2D eigenvalue weighted by Gasteiger charge is -2.24. The second-order valence-corrected chi connectivity index (χ2v) is 5.49. The van der Waals surface area contributed by atoms with Crippen LogP contribution in [0, 0.1) is 5.92 Å². The number of imide groups is 1. The Morgan fingerprint density at radius 3 is 2.59 bits per heavy atom. The van der Waals surface area contributed by atoms with Crippen LogP contribution >= 0.6 is 0 Å². The van der Waals surface area contributed by atoms with Crippen molar-refractivity contribution >= 4 is 28.4 Å². The highest BCUT2D eigenvalue weighted by molar-refractivity contribution is 6.28. The number of hydroxylamine groups is 2. The van der Waals surface area contributed by atoms with Crippen molar-refractivity contribution in [1.29, 1.82) is 0 Å². The maximum Gasteiger partial charge on any atom is 0.286 e. The summed E-state index contributed by atoms with van der Waals surface area (Å²) in [5.41, 5.74) is 0.597. The first-order valence-electron chi connectivity index (χ1n) is 7.15. The van der Waals surface area contributed by atoms with E-state index in [4.69, 9.17) is 0 Å². The highest BCUT2D eigenvalue weighted by atomic mass is 16.5. The van der Waals surface area contributed by atoms with Crippen LogP contribution < -0.4 is 0 Å². The predicted octanol–water partition coefficient (Wildman–Crippen LogP) is 3.05. The number of benzene rings is 2. The molecule has 0 spiro atoms. The molecule has 0 radical (unpaired) electrons. The Morgan fingerprint density at radius 1 is 1.18 bits per heavy atom. The fraction of sp³-hybridized carbons (Fsp3) is 0.235. The van der Waals surface area contributed by atoms with Gasteiger partial charge in [-0.1, -0.05) is 32.0 Å². The Bertz CT molecular complexity index is 825. The Hall–Kier alpha value is -2.53. The van der Waals surface area contributed by atoms with Gasteiger partial charge in [-0.05, 0) is 23.9 Å². The van der Waals surface area contributed by atoms with E-state index >= 15 is 0 Å². The zero-order chi connectivity index (χ0) is 16.0. The molecule has 1 aliphatic heterocycles. The lowest BCUT2D eigenvalue weighted by atomic mass is 9.86. The summed E-state index contributed by atoms with van der Waals surface area (Å²) in [4.78, 5) is 36.9. The van der Waals surface area contributed by atoms with Crippen molar-refractivity contribution in [3.63, 3.8) is 0 Å². The smallest absolute Gasteiger partial charge is 0.286 e. The first kappa shape index (κ1) is 14.4. The molecule has 0 saturated heterocycles. The molecule has 5 nitrogen and oxygen atoms in total. The number of hydrogen-bond donors (Lipinski definition) is 1. The van der Waals surface area contributed by atoms with Crippen molar-refractivity contribution < 1.29 is 19.6 Å². The number of carbonyl (C=O) groups is 3. The minimum Gasteiger partial charge on any atom is -0.294 e. The zero-order valence-electron chi connectivity index (χ0n) is 12.3. The van der Waals surface area contributed by atoms with Gasteiger partial charge < -0.3 is 0 Å². The topological polar surface area (TPSA) is 74.7 Å². The maximum atomic E-state index is 12.5. The summed E-state index contributed by atoms with van der Waals surface area (Å²) >= 11 is 0. The molecular weight excluding hydrogens is 282 g/mol. The van der Waals surface area contributed by atoms with E-state index in [9.17, 15) is 19.6 Å². The van der Waals surface area contributed by atoms with Crippen LogP contribution in [0.3, 0.4) is 0 Å². The summed E-state index contributed by atoms with van der Waals surface area (Å²) in [6.45, 7) is 3.69. The molecular formula is C17H15NO4. The summed E-state index contributed by atoms with van der Waals surface area (Å²) in [5, 5.41) is 11.0. The number of carbonyl (C=O) groups excluding carboxylic acids is 3. The third-order valence-electron chi connectivity index (χ3n) is 4.20. The molecule has 2 aromatic carbocycles. The summed E-state index contributed by atoms with van der Waals surface area (Å²) in [6, 6.07) is 8.32. The van der Waals surface area contributed by atoms with Crippen LogP contribution in [-0.4, -0.2) is 27.9 Å². The summed E-state index contributed by atoms with van der Waals surface area (Å²) in [6.07, 6.45) is 0.647. The van der Waals surface area contributed by atoms with Crippen LogP contribution in [0.4, 0.5) is 0 Å². The third kappa shape index (κ3) is 1.86. The van der Waals surface area contributed by atoms with Gasteiger partial charge in [0.1, 0.15) is 0 Å². The van der Waals surface area contributed by atoms with Gasteiger partial charge in [0.05, 0.1) is 11.1 Å². The predicted molar refractivity (Wildman–Crippen MR) is 80.0 cm³/mol. The van der Waals surface area contributed by atoms with Crippen molar-refractivity contribution in [3.05, 3.63) is 47.0 Å². The molecule has 0 fully saturated rings. The highest BCUT2D eigenvalue weighted by Gasteiger charge is 2.35. The number of nitrogens with zero attached hydrogens (tertiary/aromatic N) is 1. The van der Waals surface area contributed by atoms with E-state index in [1.807, 2.05) is 6.92 Å². The molecule has 1 aliphatic rings. The SMILES string of the molecule is CCC(C)C(=O)c1ccc2cccc3c2c1C(=O)N(O)C3=O. The summed E-state index contributed by atoms with van der Waals surface area (Å²) in [5.74, 6) is -2.01. The number of ketones is 1. The van der Waals surface area contributed by atoms with Crippen LogP contribution in [0.25, 0.3) is 10.8 Å². The molecule has 0 aromatic heterocycles. The van der Waals surface area contributed by atoms with Crippen molar-refractivity contribution in [2.45, 2.75) is 20.3 Å². The van der Waals surface area contributed by atoms with Gasteiger partial charge in [-0.2, -0.15) is 0 Å². The van der Waals surface area contributed by atoms with Crippen LogP contribution in [0.2, 0.25) is 0 Å². The Kier molecular flexibility index (Phi) is 3.30. The molecule has 3 rings (SSSR count). The molecule has 0 saturated carbocycles. The monoisotopic (exact) mass is 297 g/mol. The van der Waals surface area contributed by atoms with E-state index in [0.29, 0.717) is 17.2 Å². The van der Waals surface area contributed by atoms with E-state index in [2.05, 4.69) is 0 Å². The average Bonchev–Trinajstić information content (AvgIpc) is 2.55. The van der Waals surface area contributed by atoms with E-state index < -0.39 is 11.8 Å². The Balaban J connectivity index is 2.38. The first-order valence-corrected chi connectivity index (χ1v) is 7.15. The van der Waals surface area contributed by atoms with Gasteiger partial charge in [-0.15, -0.1) is 5.06 Å². The van der Waals surface area contributed by atoms with Crippen molar-refractivity contribution in [2.75, 3.05) is 0 Å². The second kappa shape index (κ2) is 5.03. The maximum absolute atomic E-state index is 12.5. The number of rotatable bonds is 3. The average molecular weight is 297 g/mol. The molecule has 112 valence electrons. The molecule has 2 amide bonds. The lowest BCUT2D eigenvalue weighted by Crippen LogP contribution is -2.38. The Morgan fingerprint density at radius 2 is 1.91 bits per heavy atom. The number of hydrogen-bond acceptors (Lipinski definition) is 4. The molecule has 1 atom stereocenters. The minimum absolute atomic E-state index is 0.0878. The van der Waals surface area contributed by atoms with Crippen LogP contribution in [0.5, 0.6) is 0 Å². The van der Waals surface area contributed by atoms with Gasteiger partial charge in [0.2, 0.25) is 0 Å². The summed E-state index contributed by atoms with van der Waals surface area (Å²) in [7, 11) is 0. The van der Waals surface area contributed by atoms with Gasteiger partial charge in [-0.3, -0.25) is 19.6 Å². The standard InChI is InChI=1S/C17H15NO4/c1-3-9(2)15(19)11-8-7-10-5-4-6-12-13(10)14(11)17(21)18(22)16(12)20/h4-9,22H,3H2,1-2H3. The van der Waals surface area contributed by atoms with E-state index in [1.165, 1.54) is 0 Å². The molecule has 0 aliphatic carbocycles. The van der Waals surface area contributed by atoms with E-state index in [0.717, 1.165) is 0 Å². The largest absolute Gasteiger partial charge is 0.294 e. The van der Waals surface area contributed by atoms with Crippen LogP contribution in [-0.2, 0) is 0 Å². The lowest BCUT2D eigenvalue weighted by molar-refractivity contribution is -0.0378. The first-order chi connectivity index (χ1) is 10.5. The molecule has 22 heavy (non-hydrogen) atoms. The van der Waals surface area contributed by atoms with E-state index in [-0.39, 0.29) is 33.5 Å².